The van der Waals surface area contributed by atoms with Gasteiger partial charge in [-0.05, 0) is 30.0 Å². The average Bonchev–Trinajstić information content (AvgIpc) is 2.98. The molecule has 0 unspecified atom stereocenters. The van der Waals surface area contributed by atoms with Crippen molar-refractivity contribution < 1.29 is 27.4 Å². The average molecular weight is 365 g/mol. The predicted octanol–water partition coefficient (Wildman–Crippen LogP) is 3.05. The van der Waals surface area contributed by atoms with Gasteiger partial charge in [-0.1, -0.05) is 0 Å². The van der Waals surface area contributed by atoms with Gasteiger partial charge in [0.1, 0.15) is 11.8 Å². The summed E-state index contributed by atoms with van der Waals surface area (Å²) < 4.78 is 47.2. The Morgan fingerprint density at radius 2 is 2.19 bits per heavy atom. The molecule has 2 heterocycles. The van der Waals surface area contributed by atoms with Crippen LogP contribution in [0.3, 0.4) is 0 Å². The number of amides is 1. The lowest BCUT2D eigenvalue weighted by atomic mass is 10.1. The Hall–Kier alpha value is -3.02. The maximum absolute atomic E-state index is 12.6. The molecule has 1 aromatic carbocycles. The van der Waals surface area contributed by atoms with Gasteiger partial charge in [-0.15, -0.1) is 13.2 Å². The number of nitrogens with zero attached hydrogens (tertiary/aromatic N) is 2. The summed E-state index contributed by atoms with van der Waals surface area (Å²) in [5.74, 6) is -0.465. The minimum Gasteiger partial charge on any atom is -0.477 e. The Bertz CT molecular complexity index is 877. The largest absolute Gasteiger partial charge is 0.573 e. The van der Waals surface area contributed by atoms with Crippen LogP contribution in [0.15, 0.2) is 24.4 Å². The van der Waals surface area contributed by atoms with Crippen LogP contribution in [-0.4, -0.2) is 29.9 Å². The number of rotatable bonds is 5. The van der Waals surface area contributed by atoms with E-state index in [1.807, 2.05) is 0 Å². The third-order valence-corrected chi connectivity index (χ3v) is 3.96. The molecule has 2 aromatic rings. The number of alkyl halides is 3. The number of hydrogen-bond acceptors (Lipinski definition) is 5. The molecule has 1 atom stereocenters. The van der Waals surface area contributed by atoms with Gasteiger partial charge in [-0.25, -0.2) is 4.98 Å². The molecule has 9 heteroatoms. The van der Waals surface area contributed by atoms with E-state index in [-0.39, 0.29) is 30.0 Å². The van der Waals surface area contributed by atoms with E-state index in [0.717, 1.165) is 12.5 Å². The van der Waals surface area contributed by atoms with Gasteiger partial charge >= 0.3 is 6.36 Å². The third kappa shape index (κ3) is 4.14. The fourth-order valence-corrected chi connectivity index (χ4v) is 2.78. The van der Waals surface area contributed by atoms with Crippen LogP contribution in [0.2, 0.25) is 0 Å². The van der Waals surface area contributed by atoms with Crippen molar-refractivity contribution in [1.82, 2.24) is 10.3 Å². The lowest BCUT2D eigenvalue weighted by molar-refractivity contribution is -0.274. The highest BCUT2D eigenvalue weighted by Crippen LogP contribution is 2.33. The molecule has 0 radical (unpaired) electrons. The summed E-state index contributed by atoms with van der Waals surface area (Å²) in [6.07, 6.45) is -1.71. The smallest absolute Gasteiger partial charge is 0.477 e. The number of nitrogens with one attached hydrogen (secondary N) is 1. The molecule has 0 bridgehead atoms. The number of halogens is 3. The maximum Gasteiger partial charge on any atom is 0.573 e. The number of pyridine rings is 1. The van der Waals surface area contributed by atoms with Crippen molar-refractivity contribution in [3.05, 3.63) is 30.0 Å². The van der Waals surface area contributed by atoms with Crippen molar-refractivity contribution in [2.24, 2.45) is 0 Å². The molecule has 1 fully saturated rings. The van der Waals surface area contributed by atoms with Crippen molar-refractivity contribution in [2.45, 2.75) is 31.7 Å². The number of benzene rings is 1. The molecule has 6 nitrogen and oxygen atoms in total. The van der Waals surface area contributed by atoms with Crippen molar-refractivity contribution in [3.8, 4) is 17.7 Å². The molecule has 1 aromatic heterocycles. The summed E-state index contributed by atoms with van der Waals surface area (Å²) in [4.78, 5) is 15.2. The van der Waals surface area contributed by atoms with Gasteiger partial charge in [0.15, 0.2) is 0 Å². The van der Waals surface area contributed by atoms with Crippen LogP contribution in [0.25, 0.3) is 10.8 Å². The zero-order valence-electron chi connectivity index (χ0n) is 13.5. The Labute approximate surface area is 146 Å². The molecular weight excluding hydrogens is 351 g/mol. The number of ether oxygens (including phenoxy) is 2. The predicted molar refractivity (Wildman–Crippen MR) is 84.4 cm³/mol. The zero-order valence-corrected chi connectivity index (χ0v) is 13.5. The van der Waals surface area contributed by atoms with Crippen LogP contribution in [-0.2, 0) is 4.79 Å². The molecular formula is C17H14F3N3O3. The third-order valence-electron chi connectivity index (χ3n) is 3.96. The maximum atomic E-state index is 12.6. The van der Waals surface area contributed by atoms with E-state index in [9.17, 15) is 18.0 Å². The number of carbonyl (C=O) groups is 1. The molecule has 1 aliphatic rings. The summed E-state index contributed by atoms with van der Waals surface area (Å²) in [6.45, 7) is 0.243. The number of hydrogen-bond donors (Lipinski definition) is 1. The molecule has 0 aliphatic carbocycles. The van der Waals surface area contributed by atoms with Gasteiger partial charge in [-0.2, -0.15) is 5.26 Å². The van der Waals surface area contributed by atoms with E-state index < -0.39 is 12.1 Å². The highest BCUT2D eigenvalue weighted by molar-refractivity contribution is 5.89. The van der Waals surface area contributed by atoms with Gasteiger partial charge in [-0.3, -0.25) is 4.79 Å². The lowest BCUT2D eigenvalue weighted by Gasteiger charge is -2.14. The van der Waals surface area contributed by atoms with Gasteiger partial charge < -0.3 is 14.8 Å². The minimum atomic E-state index is -4.91. The van der Waals surface area contributed by atoms with E-state index in [1.54, 1.807) is 12.1 Å². The van der Waals surface area contributed by atoms with Crippen LogP contribution in [0, 0.1) is 11.3 Å². The summed E-state index contributed by atoms with van der Waals surface area (Å²) in [6, 6.07) is 5.67. The van der Waals surface area contributed by atoms with Gasteiger partial charge in [0, 0.05) is 30.5 Å². The summed E-state index contributed by atoms with van der Waals surface area (Å²) in [7, 11) is 0. The highest BCUT2D eigenvalue weighted by atomic mass is 19.4. The van der Waals surface area contributed by atoms with Crippen molar-refractivity contribution in [1.29, 1.82) is 5.26 Å². The van der Waals surface area contributed by atoms with Crippen molar-refractivity contribution >= 4 is 16.7 Å². The standard InChI is InChI=1S/C17H14F3N3O3/c18-17(19,20)26-14-8-13-10(7-11(14)9-21)3-5-22-16(13)25-6-4-12-1-2-15(24)23-12/h3,5,7-8,12H,1-2,4,6H2,(H,23,24)/t12-/m0/s1. The van der Waals surface area contributed by atoms with Gasteiger partial charge in [0.2, 0.25) is 11.8 Å². The van der Waals surface area contributed by atoms with Crippen LogP contribution in [0.1, 0.15) is 24.8 Å². The molecule has 136 valence electrons. The van der Waals surface area contributed by atoms with E-state index >= 15 is 0 Å². The first-order valence-corrected chi connectivity index (χ1v) is 7.86. The second-order valence-electron chi connectivity index (χ2n) is 5.79. The minimum absolute atomic E-state index is 0.00346. The Kier molecular flexibility index (Phi) is 4.84. The first-order valence-electron chi connectivity index (χ1n) is 7.86. The van der Waals surface area contributed by atoms with Gasteiger partial charge in [0.25, 0.3) is 0 Å². The first kappa shape index (κ1) is 17.8. The van der Waals surface area contributed by atoms with E-state index in [2.05, 4.69) is 15.0 Å². The van der Waals surface area contributed by atoms with E-state index in [1.165, 1.54) is 12.3 Å². The van der Waals surface area contributed by atoms with Gasteiger partial charge in [0.05, 0.1) is 12.2 Å². The zero-order chi connectivity index (χ0) is 18.7. The van der Waals surface area contributed by atoms with Crippen LogP contribution < -0.4 is 14.8 Å². The molecule has 1 saturated heterocycles. The topological polar surface area (TPSA) is 84.2 Å². The molecule has 1 aliphatic heterocycles. The number of aromatic nitrogens is 1. The Morgan fingerprint density at radius 1 is 1.38 bits per heavy atom. The molecule has 26 heavy (non-hydrogen) atoms. The molecule has 1 amide bonds. The normalized spacial score (nSPS) is 17.0. The van der Waals surface area contributed by atoms with E-state index in [4.69, 9.17) is 10.00 Å². The molecule has 0 spiro atoms. The number of carbonyl (C=O) groups excluding carboxylic acids is 1. The lowest BCUT2D eigenvalue weighted by Crippen LogP contribution is -2.26. The fourth-order valence-electron chi connectivity index (χ4n) is 2.78. The molecule has 3 rings (SSSR count). The summed E-state index contributed by atoms with van der Waals surface area (Å²) >= 11 is 0. The van der Waals surface area contributed by atoms with Crippen LogP contribution in [0.5, 0.6) is 11.6 Å². The summed E-state index contributed by atoms with van der Waals surface area (Å²) in [5, 5.41) is 12.7. The Morgan fingerprint density at radius 3 is 2.85 bits per heavy atom. The summed E-state index contributed by atoms with van der Waals surface area (Å²) in [5.41, 5.74) is -0.236. The second-order valence-corrected chi connectivity index (χ2v) is 5.79. The number of fused-ring (bicyclic) bond motifs is 1. The highest BCUT2D eigenvalue weighted by Gasteiger charge is 2.32. The van der Waals surface area contributed by atoms with Crippen molar-refractivity contribution in [3.63, 3.8) is 0 Å². The van der Waals surface area contributed by atoms with Crippen LogP contribution in [0.4, 0.5) is 13.2 Å². The quantitative estimate of drug-likeness (QED) is 0.880. The second kappa shape index (κ2) is 7.07. The van der Waals surface area contributed by atoms with Crippen molar-refractivity contribution in [2.75, 3.05) is 6.61 Å². The van der Waals surface area contributed by atoms with E-state index in [0.29, 0.717) is 23.6 Å². The number of nitriles is 1. The first-order chi connectivity index (χ1) is 12.4. The molecule has 1 N–H and O–H groups in total. The molecule has 0 saturated carbocycles. The SMILES string of the molecule is N#Cc1cc2ccnc(OCC[C@@H]3CCC(=O)N3)c2cc1OC(F)(F)F. The Balaban J connectivity index is 1.82. The monoisotopic (exact) mass is 365 g/mol. The fraction of sp³-hybridized carbons (Fsp3) is 0.353. The van der Waals surface area contributed by atoms with Crippen LogP contribution >= 0.6 is 0 Å².